The largest absolute Gasteiger partial charge is 0.618 e. The van der Waals surface area contributed by atoms with Gasteiger partial charge in [-0.2, -0.15) is 4.74 Å². The Morgan fingerprint density at radius 1 is 1.05 bits per heavy atom. The van der Waals surface area contributed by atoms with Crippen molar-refractivity contribution in [1.29, 1.82) is 0 Å². The highest BCUT2D eigenvalue weighted by Gasteiger charge is 2.06. The van der Waals surface area contributed by atoms with Crippen molar-refractivity contribution in [3.63, 3.8) is 0 Å². The summed E-state index contributed by atoms with van der Waals surface area (Å²) in [5.74, 6) is 0.543. The van der Waals surface area contributed by atoms with E-state index in [1.165, 1.54) is 11.8 Å². The molecule has 104 valence electrons. The summed E-state index contributed by atoms with van der Waals surface area (Å²) in [7, 11) is 0. The number of benzene rings is 2. The van der Waals surface area contributed by atoms with Crippen LogP contribution in [-0.2, 0) is 0 Å². The lowest BCUT2D eigenvalue weighted by Gasteiger charge is -2.03. The van der Waals surface area contributed by atoms with E-state index in [1.54, 1.807) is 24.5 Å². The Kier molecular flexibility index (Phi) is 3.51. The van der Waals surface area contributed by atoms with Crippen LogP contribution >= 0.6 is 0 Å². The predicted octanol–water partition coefficient (Wildman–Crippen LogP) is 3.91. The van der Waals surface area contributed by atoms with Crippen LogP contribution in [0.15, 0.2) is 65.4 Å². The molecule has 0 saturated carbocycles. The fourth-order valence-corrected chi connectivity index (χ4v) is 1.98. The molecule has 0 spiro atoms. The molecule has 3 aromatic rings. The summed E-state index contributed by atoms with van der Waals surface area (Å²) < 4.78 is 6.07. The first-order valence-corrected chi connectivity index (χ1v) is 6.60. The summed E-state index contributed by atoms with van der Waals surface area (Å²) in [6.45, 7) is 2.01. The maximum atomic E-state index is 12.1. The van der Waals surface area contributed by atoms with Gasteiger partial charge in [0, 0.05) is 23.3 Å². The minimum absolute atomic E-state index is 0.543. The van der Waals surface area contributed by atoms with Crippen LogP contribution in [0.4, 0.5) is 5.69 Å². The van der Waals surface area contributed by atoms with Crippen LogP contribution in [-0.4, -0.2) is 15.9 Å². The van der Waals surface area contributed by atoms with Crippen LogP contribution in [0.3, 0.4) is 0 Å². The van der Waals surface area contributed by atoms with Crippen LogP contribution in [0, 0.1) is 12.1 Å². The second kappa shape index (κ2) is 5.63. The fourth-order valence-electron chi connectivity index (χ4n) is 1.98. The number of oxazole rings is 1. The van der Waals surface area contributed by atoms with Gasteiger partial charge in [0.15, 0.2) is 6.21 Å². The van der Waals surface area contributed by atoms with E-state index >= 15 is 0 Å². The Morgan fingerprint density at radius 2 is 1.76 bits per heavy atom. The summed E-state index contributed by atoms with van der Waals surface area (Å²) in [6, 6.07) is 14.9. The predicted molar refractivity (Wildman–Crippen MR) is 81.6 cm³/mol. The SMILES string of the molecule is Cc1ccc(/C=[N+](\[O-])c2ccc(-c3ncco3)cc2)cc1. The fraction of sp³-hybridized carbons (Fsp3) is 0.0588. The molecule has 4 heteroatoms. The molecule has 0 unspecified atom stereocenters. The van der Waals surface area contributed by atoms with E-state index in [0.29, 0.717) is 11.6 Å². The van der Waals surface area contributed by atoms with Gasteiger partial charge in [-0.25, -0.2) is 4.98 Å². The molecule has 2 aromatic carbocycles. The smallest absolute Gasteiger partial charge is 0.225 e. The van der Waals surface area contributed by atoms with Gasteiger partial charge in [0.05, 0.1) is 6.20 Å². The van der Waals surface area contributed by atoms with Gasteiger partial charge < -0.3 is 9.62 Å². The first-order chi connectivity index (χ1) is 10.2. The van der Waals surface area contributed by atoms with Gasteiger partial charge in [-0.15, -0.1) is 0 Å². The monoisotopic (exact) mass is 278 g/mol. The molecule has 0 N–H and O–H groups in total. The van der Waals surface area contributed by atoms with Crippen molar-refractivity contribution in [2.75, 3.05) is 0 Å². The summed E-state index contributed by atoms with van der Waals surface area (Å²) >= 11 is 0. The van der Waals surface area contributed by atoms with E-state index in [-0.39, 0.29) is 0 Å². The zero-order chi connectivity index (χ0) is 14.7. The van der Waals surface area contributed by atoms with E-state index < -0.39 is 0 Å². The lowest BCUT2D eigenvalue weighted by atomic mass is 10.1. The van der Waals surface area contributed by atoms with Crippen LogP contribution in [0.2, 0.25) is 0 Å². The second-order valence-corrected chi connectivity index (χ2v) is 4.75. The van der Waals surface area contributed by atoms with Crippen molar-refractivity contribution in [1.82, 2.24) is 4.98 Å². The van der Waals surface area contributed by atoms with Gasteiger partial charge in [0.2, 0.25) is 11.6 Å². The standard InChI is InChI=1S/C17H14N2O2/c1-13-2-4-14(5-3-13)12-19(20)16-8-6-15(7-9-16)17-18-10-11-21-17/h2-12H,1H3/b19-12-. The molecule has 1 aromatic heterocycles. The van der Waals surface area contributed by atoms with Crippen molar-refractivity contribution in [2.45, 2.75) is 6.92 Å². The van der Waals surface area contributed by atoms with E-state index in [0.717, 1.165) is 15.9 Å². The molecule has 0 bridgehead atoms. The van der Waals surface area contributed by atoms with Gasteiger partial charge in [-0.05, 0) is 31.2 Å². The third-order valence-corrected chi connectivity index (χ3v) is 3.14. The zero-order valence-electron chi connectivity index (χ0n) is 11.6. The highest BCUT2D eigenvalue weighted by molar-refractivity contribution is 5.76. The van der Waals surface area contributed by atoms with Gasteiger partial charge >= 0.3 is 0 Å². The van der Waals surface area contributed by atoms with Crippen molar-refractivity contribution < 1.29 is 9.16 Å². The number of nitrogens with zero attached hydrogens (tertiary/aromatic N) is 2. The first-order valence-electron chi connectivity index (χ1n) is 6.60. The highest BCUT2D eigenvalue weighted by Crippen LogP contribution is 2.20. The summed E-state index contributed by atoms with van der Waals surface area (Å²) in [4.78, 5) is 4.07. The molecule has 0 aliphatic heterocycles. The zero-order valence-corrected chi connectivity index (χ0v) is 11.6. The van der Waals surface area contributed by atoms with Crippen LogP contribution in [0.25, 0.3) is 11.5 Å². The minimum atomic E-state index is 0.543. The molecular formula is C17H14N2O2. The summed E-state index contributed by atoms with van der Waals surface area (Å²) in [5, 5.41) is 12.1. The lowest BCUT2D eigenvalue weighted by molar-refractivity contribution is -0.354. The van der Waals surface area contributed by atoms with Crippen molar-refractivity contribution in [3.8, 4) is 11.5 Å². The molecule has 0 radical (unpaired) electrons. The first kappa shape index (κ1) is 13.1. The number of hydrogen-bond donors (Lipinski definition) is 0. The molecule has 0 fully saturated rings. The molecule has 21 heavy (non-hydrogen) atoms. The van der Waals surface area contributed by atoms with Gasteiger partial charge in [-0.3, -0.25) is 0 Å². The molecule has 3 rings (SSSR count). The molecular weight excluding hydrogens is 264 g/mol. The Morgan fingerprint density at radius 3 is 2.38 bits per heavy atom. The Hall–Kier alpha value is -2.88. The van der Waals surface area contributed by atoms with Gasteiger partial charge in [-0.1, -0.05) is 17.7 Å². The van der Waals surface area contributed by atoms with E-state index in [1.807, 2.05) is 43.3 Å². The quantitative estimate of drug-likeness (QED) is 0.316. The Balaban J connectivity index is 1.84. The van der Waals surface area contributed by atoms with E-state index in [2.05, 4.69) is 4.98 Å². The summed E-state index contributed by atoms with van der Waals surface area (Å²) in [6.07, 6.45) is 4.67. The van der Waals surface area contributed by atoms with Gasteiger partial charge in [0.1, 0.15) is 6.26 Å². The number of aromatic nitrogens is 1. The maximum Gasteiger partial charge on any atom is 0.225 e. The van der Waals surface area contributed by atoms with Crippen molar-refractivity contribution >= 4 is 11.9 Å². The Bertz CT molecular complexity index is 742. The molecule has 0 amide bonds. The van der Waals surface area contributed by atoms with Crippen LogP contribution < -0.4 is 0 Å². The minimum Gasteiger partial charge on any atom is -0.618 e. The molecule has 0 atom stereocenters. The average molecular weight is 278 g/mol. The topological polar surface area (TPSA) is 52.1 Å². The Labute approximate surface area is 122 Å². The summed E-state index contributed by atoms with van der Waals surface area (Å²) in [5.41, 5.74) is 3.44. The van der Waals surface area contributed by atoms with Crippen LogP contribution in [0.1, 0.15) is 11.1 Å². The third kappa shape index (κ3) is 3.00. The number of hydrogen-bond acceptors (Lipinski definition) is 3. The number of aryl methyl sites for hydroxylation is 1. The van der Waals surface area contributed by atoms with E-state index in [9.17, 15) is 5.21 Å². The average Bonchev–Trinajstić information content (AvgIpc) is 3.04. The normalized spacial score (nSPS) is 11.6. The molecule has 0 aliphatic carbocycles. The van der Waals surface area contributed by atoms with Crippen LogP contribution in [0.5, 0.6) is 0 Å². The molecule has 0 saturated heterocycles. The molecule has 0 aliphatic rings. The van der Waals surface area contributed by atoms with Crippen molar-refractivity contribution in [3.05, 3.63) is 77.3 Å². The maximum absolute atomic E-state index is 12.1. The second-order valence-electron chi connectivity index (χ2n) is 4.75. The van der Waals surface area contributed by atoms with E-state index in [4.69, 9.17) is 4.42 Å². The lowest BCUT2D eigenvalue weighted by Crippen LogP contribution is -1.98. The third-order valence-electron chi connectivity index (χ3n) is 3.14. The molecule has 1 heterocycles. The highest BCUT2D eigenvalue weighted by atomic mass is 16.5. The van der Waals surface area contributed by atoms with Crippen molar-refractivity contribution in [2.24, 2.45) is 0 Å². The number of rotatable bonds is 3. The molecule has 4 nitrogen and oxygen atoms in total. The van der Waals surface area contributed by atoms with Gasteiger partial charge in [0.25, 0.3) is 0 Å².